The van der Waals surface area contributed by atoms with Gasteiger partial charge < -0.3 is 14.5 Å². The van der Waals surface area contributed by atoms with Gasteiger partial charge in [0.15, 0.2) is 5.76 Å². The lowest BCUT2D eigenvalue weighted by Gasteiger charge is -2.10. The van der Waals surface area contributed by atoms with Crippen molar-refractivity contribution in [2.45, 2.75) is 13.2 Å². The zero-order chi connectivity index (χ0) is 19.4. The molecule has 2 aromatic heterocycles. The van der Waals surface area contributed by atoms with Gasteiger partial charge in [0, 0.05) is 0 Å². The number of para-hydroxylation sites is 2. The number of nitrogens with one attached hydrogen (secondary N) is 1. The standard InChI is InChI=1S/C16H12F2N4O5/c17-16(18)27-13-4-2-1-3-12(13)20-15(23)14-6-5-11(26-14)9-21-8-10(7-19-21)22(24)25/h1-8,16H,9H2,(H,20,23). The van der Waals surface area contributed by atoms with E-state index in [9.17, 15) is 23.7 Å². The molecule has 1 amide bonds. The number of anilines is 1. The fourth-order valence-electron chi connectivity index (χ4n) is 2.23. The van der Waals surface area contributed by atoms with E-state index in [-0.39, 0.29) is 29.4 Å². The van der Waals surface area contributed by atoms with E-state index >= 15 is 0 Å². The summed E-state index contributed by atoms with van der Waals surface area (Å²) in [6.07, 6.45) is 2.32. The lowest BCUT2D eigenvalue weighted by molar-refractivity contribution is -0.385. The van der Waals surface area contributed by atoms with Gasteiger partial charge in [-0.2, -0.15) is 13.9 Å². The molecule has 0 unspecified atom stereocenters. The quantitative estimate of drug-likeness (QED) is 0.499. The van der Waals surface area contributed by atoms with Crippen LogP contribution in [-0.4, -0.2) is 27.2 Å². The van der Waals surface area contributed by atoms with Crippen molar-refractivity contribution in [2.24, 2.45) is 0 Å². The molecule has 140 valence electrons. The van der Waals surface area contributed by atoms with Crippen LogP contribution in [-0.2, 0) is 6.54 Å². The molecule has 3 aromatic rings. The van der Waals surface area contributed by atoms with Crippen LogP contribution in [0.25, 0.3) is 0 Å². The van der Waals surface area contributed by atoms with Crippen LogP contribution in [0.3, 0.4) is 0 Å². The van der Waals surface area contributed by atoms with Crippen molar-refractivity contribution in [3.63, 3.8) is 0 Å². The number of alkyl halides is 2. The minimum absolute atomic E-state index is 0.0588. The molecular formula is C16H12F2N4O5. The van der Waals surface area contributed by atoms with Gasteiger partial charge in [0.25, 0.3) is 5.91 Å². The summed E-state index contributed by atoms with van der Waals surface area (Å²) in [4.78, 5) is 22.3. The van der Waals surface area contributed by atoms with Crippen LogP contribution in [0.15, 0.2) is 53.2 Å². The summed E-state index contributed by atoms with van der Waals surface area (Å²) in [5, 5.41) is 16.9. The molecule has 0 radical (unpaired) electrons. The first-order valence-electron chi connectivity index (χ1n) is 7.53. The molecule has 0 aliphatic heterocycles. The molecule has 0 saturated heterocycles. The van der Waals surface area contributed by atoms with Crippen LogP contribution in [0.5, 0.6) is 5.75 Å². The van der Waals surface area contributed by atoms with Crippen molar-refractivity contribution in [1.29, 1.82) is 0 Å². The molecular weight excluding hydrogens is 366 g/mol. The van der Waals surface area contributed by atoms with E-state index < -0.39 is 17.4 Å². The summed E-state index contributed by atoms with van der Waals surface area (Å²) in [5.74, 6) is -0.594. The van der Waals surface area contributed by atoms with Crippen molar-refractivity contribution in [3.05, 3.63) is 70.4 Å². The number of hydrogen-bond donors (Lipinski definition) is 1. The van der Waals surface area contributed by atoms with Gasteiger partial charge in [-0.25, -0.2) is 0 Å². The zero-order valence-corrected chi connectivity index (χ0v) is 13.5. The van der Waals surface area contributed by atoms with E-state index in [0.717, 1.165) is 6.20 Å². The molecule has 9 nitrogen and oxygen atoms in total. The first-order valence-corrected chi connectivity index (χ1v) is 7.53. The molecule has 0 aliphatic rings. The molecule has 1 N–H and O–H groups in total. The summed E-state index contributed by atoms with van der Waals surface area (Å²) in [6.45, 7) is -2.96. The van der Waals surface area contributed by atoms with Crippen molar-refractivity contribution in [1.82, 2.24) is 9.78 Å². The molecule has 1 aromatic carbocycles. The van der Waals surface area contributed by atoms with Crippen molar-refractivity contribution < 1.29 is 27.7 Å². The lowest BCUT2D eigenvalue weighted by atomic mass is 10.3. The Labute approximate surface area is 150 Å². The molecule has 0 bridgehead atoms. The summed E-state index contributed by atoms with van der Waals surface area (Å²) in [6, 6.07) is 8.62. The van der Waals surface area contributed by atoms with E-state index in [0.29, 0.717) is 5.76 Å². The Kier molecular flexibility index (Phi) is 5.11. The highest BCUT2D eigenvalue weighted by molar-refractivity contribution is 6.03. The lowest BCUT2D eigenvalue weighted by Crippen LogP contribution is -2.13. The second-order valence-corrected chi connectivity index (χ2v) is 5.25. The number of amides is 1. The highest BCUT2D eigenvalue weighted by Crippen LogP contribution is 2.26. The number of halogens is 2. The van der Waals surface area contributed by atoms with Gasteiger partial charge in [0.1, 0.15) is 23.9 Å². The number of nitrogens with zero attached hydrogens (tertiary/aromatic N) is 3. The molecule has 0 atom stereocenters. The number of furan rings is 1. The third-order valence-electron chi connectivity index (χ3n) is 3.39. The molecule has 2 heterocycles. The Morgan fingerprint density at radius 2 is 2.11 bits per heavy atom. The number of nitro groups is 1. The molecule has 0 saturated carbocycles. The van der Waals surface area contributed by atoms with E-state index in [1.807, 2.05) is 0 Å². The molecule has 27 heavy (non-hydrogen) atoms. The number of benzene rings is 1. The Morgan fingerprint density at radius 1 is 1.33 bits per heavy atom. The summed E-state index contributed by atoms with van der Waals surface area (Å²) >= 11 is 0. The fraction of sp³-hybridized carbons (Fsp3) is 0.125. The second kappa shape index (κ2) is 7.64. The largest absolute Gasteiger partial charge is 0.454 e. The fourth-order valence-corrected chi connectivity index (χ4v) is 2.23. The summed E-state index contributed by atoms with van der Waals surface area (Å²) in [7, 11) is 0. The Bertz CT molecular complexity index is 969. The van der Waals surface area contributed by atoms with Gasteiger partial charge >= 0.3 is 12.3 Å². The Hall–Kier alpha value is -3.76. The monoisotopic (exact) mass is 378 g/mol. The summed E-state index contributed by atoms with van der Waals surface area (Å²) in [5.41, 5.74) is -0.112. The van der Waals surface area contributed by atoms with Gasteiger partial charge in [-0.1, -0.05) is 12.1 Å². The molecule has 0 spiro atoms. The van der Waals surface area contributed by atoms with Crippen LogP contribution >= 0.6 is 0 Å². The van der Waals surface area contributed by atoms with Gasteiger partial charge in [0.2, 0.25) is 0 Å². The van der Waals surface area contributed by atoms with Gasteiger partial charge in [-0.15, -0.1) is 0 Å². The van der Waals surface area contributed by atoms with Crippen molar-refractivity contribution in [3.8, 4) is 5.75 Å². The predicted octanol–water partition coefficient (Wildman–Crippen LogP) is 3.29. The first kappa shape index (κ1) is 18.0. The molecule has 11 heteroatoms. The maximum atomic E-state index is 12.4. The molecule has 0 fully saturated rings. The predicted molar refractivity (Wildman–Crippen MR) is 87.7 cm³/mol. The number of aromatic nitrogens is 2. The topological polar surface area (TPSA) is 112 Å². The van der Waals surface area contributed by atoms with Crippen LogP contribution in [0.2, 0.25) is 0 Å². The van der Waals surface area contributed by atoms with Crippen LogP contribution < -0.4 is 10.1 Å². The Balaban J connectivity index is 1.69. The maximum absolute atomic E-state index is 12.4. The first-order chi connectivity index (χ1) is 12.9. The normalized spacial score (nSPS) is 10.8. The highest BCUT2D eigenvalue weighted by Gasteiger charge is 2.16. The van der Waals surface area contributed by atoms with Gasteiger partial charge in [0.05, 0.1) is 17.2 Å². The van der Waals surface area contributed by atoms with E-state index in [2.05, 4.69) is 15.2 Å². The zero-order valence-electron chi connectivity index (χ0n) is 13.5. The number of carbonyl (C=O) groups excluding carboxylic acids is 1. The van der Waals surface area contributed by atoms with E-state index in [4.69, 9.17) is 4.42 Å². The van der Waals surface area contributed by atoms with Crippen molar-refractivity contribution >= 4 is 17.3 Å². The third-order valence-corrected chi connectivity index (χ3v) is 3.39. The van der Waals surface area contributed by atoms with Crippen LogP contribution in [0, 0.1) is 10.1 Å². The molecule has 3 rings (SSSR count). The van der Waals surface area contributed by atoms with Gasteiger partial charge in [-0.3, -0.25) is 19.6 Å². The third kappa shape index (κ3) is 4.45. The average molecular weight is 378 g/mol. The average Bonchev–Trinajstić information content (AvgIpc) is 3.26. The van der Waals surface area contributed by atoms with Gasteiger partial charge in [-0.05, 0) is 24.3 Å². The van der Waals surface area contributed by atoms with Crippen molar-refractivity contribution in [2.75, 3.05) is 5.32 Å². The van der Waals surface area contributed by atoms with Crippen LogP contribution in [0.4, 0.5) is 20.2 Å². The second-order valence-electron chi connectivity index (χ2n) is 5.25. The SMILES string of the molecule is O=C(Nc1ccccc1OC(F)F)c1ccc(Cn2cc([N+](=O)[O-])cn2)o1. The summed E-state index contributed by atoms with van der Waals surface area (Å²) < 4.78 is 35.8. The van der Waals surface area contributed by atoms with E-state index in [1.54, 1.807) is 6.07 Å². The number of carbonyl (C=O) groups is 1. The number of rotatable bonds is 7. The Morgan fingerprint density at radius 3 is 2.81 bits per heavy atom. The number of hydrogen-bond acceptors (Lipinski definition) is 6. The maximum Gasteiger partial charge on any atom is 0.387 e. The molecule has 0 aliphatic carbocycles. The highest BCUT2D eigenvalue weighted by atomic mass is 19.3. The minimum Gasteiger partial charge on any atom is -0.454 e. The van der Waals surface area contributed by atoms with Crippen LogP contribution in [0.1, 0.15) is 16.3 Å². The number of ether oxygens (including phenoxy) is 1. The smallest absolute Gasteiger partial charge is 0.387 e. The van der Waals surface area contributed by atoms with E-state index in [1.165, 1.54) is 41.2 Å². The minimum atomic E-state index is -3.03.